The molecule has 1 saturated heterocycles. The van der Waals surface area contributed by atoms with Gasteiger partial charge in [0.1, 0.15) is 0 Å². The van der Waals surface area contributed by atoms with Gasteiger partial charge in [0.25, 0.3) is 0 Å². The molecule has 0 amide bonds. The third-order valence-electron chi connectivity index (χ3n) is 3.62. The molecule has 16 heavy (non-hydrogen) atoms. The highest BCUT2D eigenvalue weighted by Gasteiger charge is 2.30. The minimum atomic E-state index is 0.293. The van der Waals surface area contributed by atoms with Crippen LogP contribution in [0.1, 0.15) is 31.2 Å². The number of ether oxygens (including phenoxy) is 1. The second kappa shape index (κ2) is 5.46. The van der Waals surface area contributed by atoms with Crippen molar-refractivity contribution in [3.8, 4) is 0 Å². The number of nitrogens with two attached hydrogens (primary N) is 1. The van der Waals surface area contributed by atoms with E-state index in [-0.39, 0.29) is 0 Å². The first kappa shape index (κ1) is 11.6. The molecule has 2 heteroatoms. The quantitative estimate of drug-likeness (QED) is 0.848. The molecule has 1 aliphatic rings. The molecular formula is C14H21NO. The molecule has 1 aromatic carbocycles. The summed E-state index contributed by atoms with van der Waals surface area (Å²) in [6, 6.07) is 10.6. The zero-order chi connectivity index (χ0) is 11.4. The standard InChI is InChI=1S/C14H21NO/c1-11(12-6-3-2-4-7-12)14-13(10-15)8-5-9-16-14/h2-4,6-7,11,13-14H,5,8-10,15H2,1H3. The zero-order valence-corrected chi connectivity index (χ0v) is 9.93. The van der Waals surface area contributed by atoms with E-state index in [0.29, 0.717) is 17.9 Å². The molecule has 0 radical (unpaired) electrons. The van der Waals surface area contributed by atoms with Crippen LogP contribution in [0.25, 0.3) is 0 Å². The van der Waals surface area contributed by atoms with E-state index in [4.69, 9.17) is 10.5 Å². The van der Waals surface area contributed by atoms with E-state index in [1.807, 2.05) is 0 Å². The van der Waals surface area contributed by atoms with E-state index in [1.54, 1.807) is 0 Å². The lowest BCUT2D eigenvalue weighted by Gasteiger charge is -2.35. The van der Waals surface area contributed by atoms with Crippen LogP contribution in [0.3, 0.4) is 0 Å². The van der Waals surface area contributed by atoms with Crippen molar-refractivity contribution in [3.63, 3.8) is 0 Å². The summed E-state index contributed by atoms with van der Waals surface area (Å²) in [5.74, 6) is 0.957. The molecule has 1 heterocycles. The smallest absolute Gasteiger partial charge is 0.0681 e. The first-order valence-electron chi connectivity index (χ1n) is 6.19. The number of hydrogen-bond donors (Lipinski definition) is 1. The van der Waals surface area contributed by atoms with Crippen molar-refractivity contribution in [2.24, 2.45) is 11.7 Å². The molecule has 88 valence electrons. The summed E-state index contributed by atoms with van der Waals surface area (Å²) < 4.78 is 5.92. The number of hydrogen-bond acceptors (Lipinski definition) is 2. The van der Waals surface area contributed by atoms with Crippen LogP contribution < -0.4 is 5.73 Å². The highest BCUT2D eigenvalue weighted by molar-refractivity contribution is 5.20. The lowest BCUT2D eigenvalue weighted by Crippen LogP contribution is -2.38. The van der Waals surface area contributed by atoms with Gasteiger partial charge >= 0.3 is 0 Å². The van der Waals surface area contributed by atoms with Crippen LogP contribution in [0.5, 0.6) is 0 Å². The van der Waals surface area contributed by atoms with E-state index < -0.39 is 0 Å². The van der Waals surface area contributed by atoms with Crippen LogP contribution in [-0.2, 0) is 4.74 Å². The Kier molecular flexibility index (Phi) is 3.97. The molecule has 0 aromatic heterocycles. The Labute approximate surface area is 97.8 Å². The van der Waals surface area contributed by atoms with Crippen molar-refractivity contribution in [2.75, 3.05) is 13.2 Å². The van der Waals surface area contributed by atoms with Gasteiger partial charge in [0.15, 0.2) is 0 Å². The zero-order valence-electron chi connectivity index (χ0n) is 9.93. The van der Waals surface area contributed by atoms with Crippen LogP contribution >= 0.6 is 0 Å². The molecule has 2 rings (SSSR count). The summed E-state index contributed by atoms with van der Waals surface area (Å²) in [6.07, 6.45) is 2.65. The Morgan fingerprint density at radius 3 is 2.81 bits per heavy atom. The summed E-state index contributed by atoms with van der Waals surface area (Å²) in [7, 11) is 0. The van der Waals surface area contributed by atoms with Gasteiger partial charge in [-0.1, -0.05) is 37.3 Å². The lowest BCUT2D eigenvalue weighted by molar-refractivity contribution is -0.0360. The Bertz CT molecular complexity index is 312. The lowest BCUT2D eigenvalue weighted by atomic mass is 9.83. The van der Waals surface area contributed by atoms with Gasteiger partial charge in [0.2, 0.25) is 0 Å². The second-order valence-electron chi connectivity index (χ2n) is 4.67. The largest absolute Gasteiger partial charge is 0.377 e. The SMILES string of the molecule is CC(c1ccccc1)C1OCCCC1CN. The average Bonchev–Trinajstić information content (AvgIpc) is 2.39. The van der Waals surface area contributed by atoms with Crippen LogP contribution in [0.4, 0.5) is 0 Å². The average molecular weight is 219 g/mol. The van der Waals surface area contributed by atoms with Gasteiger partial charge in [0.05, 0.1) is 6.10 Å². The maximum absolute atomic E-state index is 5.92. The van der Waals surface area contributed by atoms with Crippen molar-refractivity contribution in [3.05, 3.63) is 35.9 Å². The molecule has 3 unspecified atom stereocenters. The number of benzene rings is 1. The van der Waals surface area contributed by atoms with E-state index in [0.717, 1.165) is 19.6 Å². The van der Waals surface area contributed by atoms with Crippen molar-refractivity contribution >= 4 is 0 Å². The topological polar surface area (TPSA) is 35.2 Å². The molecule has 1 fully saturated rings. The number of rotatable bonds is 3. The predicted molar refractivity (Wildman–Crippen MR) is 66.4 cm³/mol. The van der Waals surface area contributed by atoms with E-state index in [1.165, 1.54) is 12.0 Å². The van der Waals surface area contributed by atoms with Gasteiger partial charge in [-0.05, 0) is 30.9 Å². The molecule has 2 N–H and O–H groups in total. The Morgan fingerprint density at radius 2 is 2.12 bits per heavy atom. The molecule has 2 nitrogen and oxygen atoms in total. The van der Waals surface area contributed by atoms with Crippen LogP contribution in [0.2, 0.25) is 0 Å². The van der Waals surface area contributed by atoms with Crippen molar-refractivity contribution < 1.29 is 4.74 Å². The predicted octanol–water partition coefficient (Wildman–Crippen LogP) is 2.54. The van der Waals surface area contributed by atoms with Crippen LogP contribution in [-0.4, -0.2) is 19.3 Å². The normalized spacial score (nSPS) is 27.6. The molecule has 0 aliphatic carbocycles. The molecule has 0 saturated carbocycles. The maximum Gasteiger partial charge on any atom is 0.0681 e. The minimum Gasteiger partial charge on any atom is -0.377 e. The van der Waals surface area contributed by atoms with Gasteiger partial charge in [-0.25, -0.2) is 0 Å². The van der Waals surface area contributed by atoms with Crippen LogP contribution in [0, 0.1) is 5.92 Å². The summed E-state index contributed by atoms with van der Waals surface area (Å²) in [4.78, 5) is 0. The van der Waals surface area contributed by atoms with Crippen molar-refractivity contribution in [1.82, 2.24) is 0 Å². The second-order valence-corrected chi connectivity index (χ2v) is 4.67. The van der Waals surface area contributed by atoms with E-state index >= 15 is 0 Å². The monoisotopic (exact) mass is 219 g/mol. The molecule has 1 aliphatic heterocycles. The minimum absolute atomic E-state index is 0.293. The van der Waals surface area contributed by atoms with Gasteiger partial charge < -0.3 is 10.5 Å². The molecule has 0 bridgehead atoms. The molecule has 3 atom stereocenters. The van der Waals surface area contributed by atoms with E-state index in [2.05, 4.69) is 37.3 Å². The molecular weight excluding hydrogens is 198 g/mol. The van der Waals surface area contributed by atoms with Crippen molar-refractivity contribution in [1.29, 1.82) is 0 Å². The van der Waals surface area contributed by atoms with Gasteiger partial charge in [-0.15, -0.1) is 0 Å². The Hall–Kier alpha value is -0.860. The Morgan fingerprint density at radius 1 is 1.38 bits per heavy atom. The maximum atomic E-state index is 5.92. The highest BCUT2D eigenvalue weighted by atomic mass is 16.5. The fourth-order valence-electron chi connectivity index (χ4n) is 2.62. The summed E-state index contributed by atoms with van der Waals surface area (Å²) in [6.45, 7) is 3.87. The highest BCUT2D eigenvalue weighted by Crippen LogP contribution is 2.31. The third kappa shape index (κ3) is 2.45. The summed E-state index contributed by atoms with van der Waals surface area (Å²) >= 11 is 0. The first-order chi connectivity index (χ1) is 7.83. The van der Waals surface area contributed by atoms with E-state index in [9.17, 15) is 0 Å². The van der Waals surface area contributed by atoms with Gasteiger partial charge in [-0.2, -0.15) is 0 Å². The van der Waals surface area contributed by atoms with Gasteiger partial charge in [0, 0.05) is 12.5 Å². The Balaban J connectivity index is 2.10. The van der Waals surface area contributed by atoms with Gasteiger partial charge in [-0.3, -0.25) is 0 Å². The molecule has 1 aromatic rings. The summed E-state index contributed by atoms with van der Waals surface area (Å²) in [5.41, 5.74) is 7.18. The third-order valence-corrected chi connectivity index (χ3v) is 3.62. The van der Waals surface area contributed by atoms with Crippen molar-refractivity contribution in [2.45, 2.75) is 31.8 Å². The fourth-order valence-corrected chi connectivity index (χ4v) is 2.62. The fraction of sp³-hybridized carbons (Fsp3) is 0.571. The summed E-state index contributed by atoms with van der Waals surface area (Å²) in [5, 5.41) is 0. The van der Waals surface area contributed by atoms with Crippen LogP contribution in [0.15, 0.2) is 30.3 Å². The first-order valence-corrected chi connectivity index (χ1v) is 6.19. The molecule has 0 spiro atoms.